The maximum atomic E-state index is 12.9. The van der Waals surface area contributed by atoms with Crippen LogP contribution in [0.25, 0.3) is 0 Å². The van der Waals surface area contributed by atoms with Crippen LogP contribution in [-0.2, 0) is 27.8 Å². The van der Waals surface area contributed by atoms with Crippen LogP contribution >= 0.6 is 11.8 Å². The van der Waals surface area contributed by atoms with Crippen molar-refractivity contribution in [3.05, 3.63) is 57.5 Å². The molecule has 0 N–H and O–H groups in total. The van der Waals surface area contributed by atoms with Crippen molar-refractivity contribution in [2.75, 3.05) is 25.4 Å². The third-order valence-electron chi connectivity index (χ3n) is 6.26. The largest absolute Gasteiger partial charge is 0.466 e. The van der Waals surface area contributed by atoms with Gasteiger partial charge >= 0.3 is 5.97 Å². The molecule has 0 radical (unpaired) electrons. The lowest BCUT2D eigenvalue weighted by atomic mass is 9.96. The number of piperidine rings is 1. The van der Waals surface area contributed by atoms with Crippen molar-refractivity contribution in [3.8, 4) is 0 Å². The molecule has 1 aromatic carbocycles. The number of aryl methyl sites for hydroxylation is 1. The zero-order valence-electron chi connectivity index (χ0n) is 20.4. The van der Waals surface area contributed by atoms with Crippen molar-refractivity contribution in [1.82, 2.24) is 14.5 Å². The lowest BCUT2D eigenvalue weighted by molar-refractivity contribution is -0.151. The first kappa shape index (κ1) is 26.0. The number of ether oxygens (including phenoxy) is 1. The minimum absolute atomic E-state index is 0.000233. The van der Waals surface area contributed by atoms with Crippen molar-refractivity contribution in [1.29, 1.82) is 0 Å². The monoisotopic (exact) mass is 485 g/mol. The number of thioether (sulfide) groups is 1. The average Bonchev–Trinajstić information content (AvgIpc) is 2.85. The number of likely N-dealkylation sites (tertiary alicyclic amines) is 1. The Kier molecular flexibility index (Phi) is 9.74. The van der Waals surface area contributed by atoms with Gasteiger partial charge in [-0.15, -0.1) is 0 Å². The van der Waals surface area contributed by atoms with E-state index in [1.165, 1.54) is 0 Å². The summed E-state index contributed by atoms with van der Waals surface area (Å²) in [4.78, 5) is 43.8. The fourth-order valence-electron chi connectivity index (χ4n) is 4.19. The van der Waals surface area contributed by atoms with Gasteiger partial charge in [0, 0.05) is 50.0 Å². The highest BCUT2D eigenvalue weighted by molar-refractivity contribution is 7.99. The fourth-order valence-corrected chi connectivity index (χ4v) is 5.20. The van der Waals surface area contributed by atoms with Crippen molar-refractivity contribution < 1.29 is 14.3 Å². The normalized spacial score (nSPS) is 14.3. The minimum atomic E-state index is -0.141. The van der Waals surface area contributed by atoms with Crippen LogP contribution in [0.5, 0.6) is 0 Å². The predicted octanol–water partition coefficient (Wildman–Crippen LogP) is 3.74. The molecule has 7 nitrogen and oxygen atoms in total. The topological polar surface area (TPSA) is 81.5 Å². The molecule has 2 aromatic rings. The Bertz CT molecular complexity index is 1030. The Morgan fingerprint density at radius 1 is 1.15 bits per heavy atom. The number of nitrogens with zero attached hydrogens (tertiary/aromatic N) is 3. The summed E-state index contributed by atoms with van der Waals surface area (Å²) in [5.74, 6) is 0.731. The summed E-state index contributed by atoms with van der Waals surface area (Å²) >= 11 is 1.56. The molecule has 1 aliphatic rings. The molecule has 1 aromatic heterocycles. The number of hydrogen-bond donors (Lipinski definition) is 0. The molecule has 34 heavy (non-hydrogen) atoms. The van der Waals surface area contributed by atoms with Crippen LogP contribution in [0.15, 0.2) is 40.3 Å². The SMILES string of the molecule is CCOC(=O)C1CCN(C(=O)CCCCSc2nc(C)c(Cc3ccccc3)c(=O)n2C)CC1. The Balaban J connectivity index is 1.42. The van der Waals surface area contributed by atoms with Crippen molar-refractivity contribution in [3.63, 3.8) is 0 Å². The first-order chi connectivity index (χ1) is 16.4. The van der Waals surface area contributed by atoms with Crippen LogP contribution in [0.4, 0.5) is 0 Å². The van der Waals surface area contributed by atoms with Gasteiger partial charge in [-0.1, -0.05) is 42.1 Å². The molecule has 1 aliphatic heterocycles. The molecule has 0 atom stereocenters. The first-order valence-electron chi connectivity index (χ1n) is 12.1. The number of hydrogen-bond acceptors (Lipinski definition) is 6. The summed E-state index contributed by atoms with van der Waals surface area (Å²) in [7, 11) is 1.77. The Hall–Kier alpha value is -2.61. The van der Waals surface area contributed by atoms with Gasteiger partial charge in [-0.25, -0.2) is 4.98 Å². The van der Waals surface area contributed by atoms with Crippen LogP contribution in [0.2, 0.25) is 0 Å². The van der Waals surface area contributed by atoms with Gasteiger partial charge in [0.05, 0.1) is 12.5 Å². The standard InChI is InChI=1S/C26H35N3O4S/c1-4-33-25(32)21-13-15-29(16-14-21)23(30)12-8-9-17-34-26-27-19(2)22(24(31)28(26)3)18-20-10-6-5-7-11-20/h5-7,10-11,21H,4,8-9,12-18H2,1-3H3. The molecule has 0 unspecified atom stereocenters. The minimum Gasteiger partial charge on any atom is -0.466 e. The number of amides is 1. The van der Waals surface area contributed by atoms with E-state index in [1.54, 1.807) is 23.4 Å². The number of carbonyl (C=O) groups excluding carboxylic acids is 2. The van der Waals surface area contributed by atoms with Gasteiger partial charge in [-0.3, -0.25) is 19.0 Å². The van der Waals surface area contributed by atoms with Gasteiger partial charge in [0.25, 0.3) is 5.56 Å². The number of carbonyl (C=O) groups is 2. The molecule has 0 saturated carbocycles. The summed E-state index contributed by atoms with van der Waals surface area (Å²) in [5.41, 5.74) is 2.60. The summed E-state index contributed by atoms with van der Waals surface area (Å²) in [5, 5.41) is 0.715. The van der Waals surface area contributed by atoms with Gasteiger partial charge in [-0.2, -0.15) is 0 Å². The number of esters is 1. The highest BCUT2D eigenvalue weighted by Gasteiger charge is 2.27. The maximum absolute atomic E-state index is 12.9. The molecule has 184 valence electrons. The number of benzene rings is 1. The highest BCUT2D eigenvalue weighted by atomic mass is 32.2. The van der Waals surface area contributed by atoms with Crippen LogP contribution < -0.4 is 5.56 Å². The van der Waals surface area contributed by atoms with Crippen molar-refractivity contribution in [2.24, 2.45) is 13.0 Å². The number of rotatable bonds is 10. The lowest BCUT2D eigenvalue weighted by Gasteiger charge is -2.31. The van der Waals surface area contributed by atoms with Gasteiger partial charge in [0.15, 0.2) is 5.16 Å². The predicted molar refractivity (Wildman–Crippen MR) is 134 cm³/mol. The third kappa shape index (κ3) is 6.95. The van der Waals surface area contributed by atoms with E-state index in [1.807, 2.05) is 49.1 Å². The van der Waals surface area contributed by atoms with Gasteiger partial charge in [0.2, 0.25) is 5.91 Å². The Morgan fingerprint density at radius 3 is 2.53 bits per heavy atom. The molecule has 1 fully saturated rings. The van der Waals surface area contributed by atoms with Gasteiger partial charge < -0.3 is 9.64 Å². The molecular formula is C26H35N3O4S. The molecular weight excluding hydrogens is 450 g/mol. The van der Waals surface area contributed by atoms with Crippen molar-refractivity contribution in [2.45, 2.75) is 57.5 Å². The van der Waals surface area contributed by atoms with E-state index in [0.29, 0.717) is 50.5 Å². The Labute approximate surface area is 205 Å². The first-order valence-corrected chi connectivity index (χ1v) is 13.1. The Morgan fingerprint density at radius 2 is 1.85 bits per heavy atom. The molecule has 1 saturated heterocycles. The zero-order valence-corrected chi connectivity index (χ0v) is 21.2. The van der Waals surface area contributed by atoms with Crippen molar-refractivity contribution >= 4 is 23.6 Å². The zero-order chi connectivity index (χ0) is 24.5. The smallest absolute Gasteiger partial charge is 0.309 e. The van der Waals surface area contributed by atoms with E-state index in [4.69, 9.17) is 4.74 Å². The van der Waals surface area contributed by atoms with Gasteiger partial charge in [0.1, 0.15) is 0 Å². The number of aromatic nitrogens is 2. The number of unbranched alkanes of at least 4 members (excludes halogenated alkanes) is 1. The summed E-state index contributed by atoms with van der Waals surface area (Å²) < 4.78 is 6.72. The van der Waals surface area contributed by atoms with Crippen LogP contribution in [-0.4, -0.2) is 51.8 Å². The van der Waals surface area contributed by atoms with Crippen LogP contribution in [0.3, 0.4) is 0 Å². The molecule has 8 heteroatoms. The van der Waals surface area contributed by atoms with Crippen LogP contribution in [0.1, 0.15) is 55.8 Å². The summed E-state index contributed by atoms with van der Waals surface area (Å²) in [6.45, 7) is 5.35. The third-order valence-corrected chi connectivity index (χ3v) is 7.37. The van der Waals surface area contributed by atoms with E-state index >= 15 is 0 Å². The van der Waals surface area contributed by atoms with Crippen LogP contribution in [0, 0.1) is 12.8 Å². The molecule has 1 amide bonds. The maximum Gasteiger partial charge on any atom is 0.309 e. The summed E-state index contributed by atoms with van der Waals surface area (Å²) in [6, 6.07) is 9.96. The quantitative estimate of drug-likeness (QED) is 0.221. The molecule has 2 heterocycles. The van der Waals surface area contributed by atoms with E-state index in [0.717, 1.165) is 35.4 Å². The van der Waals surface area contributed by atoms with E-state index in [-0.39, 0.29) is 23.4 Å². The summed E-state index contributed by atoms with van der Waals surface area (Å²) in [6.07, 6.45) is 4.11. The average molecular weight is 486 g/mol. The lowest BCUT2D eigenvalue weighted by Crippen LogP contribution is -2.40. The highest BCUT2D eigenvalue weighted by Crippen LogP contribution is 2.21. The second-order valence-corrected chi connectivity index (χ2v) is 9.76. The second-order valence-electron chi connectivity index (χ2n) is 8.70. The molecule has 0 spiro atoms. The van der Waals surface area contributed by atoms with E-state index in [9.17, 15) is 14.4 Å². The molecule has 0 bridgehead atoms. The van der Waals surface area contributed by atoms with E-state index < -0.39 is 0 Å². The second kappa shape index (κ2) is 12.7. The van der Waals surface area contributed by atoms with E-state index in [2.05, 4.69) is 4.98 Å². The fraction of sp³-hybridized carbons (Fsp3) is 0.538. The van der Waals surface area contributed by atoms with Gasteiger partial charge in [-0.05, 0) is 45.1 Å². The molecule has 0 aliphatic carbocycles. The molecule has 3 rings (SSSR count).